The standard InChI is InChI=1S/C9H12N2OS/c1-7-3-10-8(11-4-7)13-6-9(2)5-12-9/h3-4H,5-6H2,1-2H3. The highest BCUT2D eigenvalue weighted by Gasteiger charge is 2.39. The Kier molecular flexibility index (Phi) is 2.26. The van der Waals surface area contributed by atoms with Crippen LogP contribution in [0.15, 0.2) is 17.6 Å². The normalized spacial score (nSPS) is 26.0. The van der Waals surface area contributed by atoms with Crippen LogP contribution in [0.1, 0.15) is 12.5 Å². The van der Waals surface area contributed by atoms with E-state index in [0.717, 1.165) is 23.1 Å². The van der Waals surface area contributed by atoms with E-state index in [-0.39, 0.29) is 5.60 Å². The number of thioether (sulfide) groups is 1. The molecule has 2 heterocycles. The first-order chi connectivity index (χ1) is 6.18. The number of rotatable bonds is 3. The third kappa shape index (κ3) is 2.42. The molecular formula is C9H12N2OS. The molecule has 1 fully saturated rings. The Morgan fingerprint density at radius 3 is 2.69 bits per heavy atom. The topological polar surface area (TPSA) is 38.3 Å². The molecule has 0 saturated carbocycles. The summed E-state index contributed by atoms with van der Waals surface area (Å²) >= 11 is 1.65. The van der Waals surface area contributed by atoms with Crippen LogP contribution < -0.4 is 0 Å². The van der Waals surface area contributed by atoms with Crippen molar-refractivity contribution >= 4 is 11.8 Å². The van der Waals surface area contributed by atoms with Gasteiger partial charge in [0.2, 0.25) is 0 Å². The molecule has 0 spiro atoms. The molecule has 1 aliphatic rings. The van der Waals surface area contributed by atoms with Crippen LogP contribution in [-0.2, 0) is 4.74 Å². The van der Waals surface area contributed by atoms with Crippen molar-refractivity contribution in [1.29, 1.82) is 0 Å². The fraction of sp³-hybridized carbons (Fsp3) is 0.556. The molecule has 3 nitrogen and oxygen atoms in total. The molecule has 0 aliphatic carbocycles. The Balaban J connectivity index is 1.91. The maximum atomic E-state index is 5.27. The fourth-order valence-corrected chi connectivity index (χ4v) is 1.73. The first kappa shape index (κ1) is 8.97. The van der Waals surface area contributed by atoms with Crippen molar-refractivity contribution in [3.05, 3.63) is 18.0 Å². The zero-order chi connectivity index (χ0) is 9.31. The Hall–Kier alpha value is -0.610. The van der Waals surface area contributed by atoms with E-state index in [1.54, 1.807) is 11.8 Å². The van der Waals surface area contributed by atoms with Crippen molar-refractivity contribution in [2.24, 2.45) is 0 Å². The summed E-state index contributed by atoms with van der Waals surface area (Å²) in [5.74, 6) is 0.941. The number of hydrogen-bond acceptors (Lipinski definition) is 4. The molecular weight excluding hydrogens is 184 g/mol. The molecule has 0 amide bonds. The van der Waals surface area contributed by atoms with Crippen molar-refractivity contribution in [2.45, 2.75) is 24.6 Å². The predicted molar refractivity (Wildman–Crippen MR) is 51.9 cm³/mol. The van der Waals surface area contributed by atoms with Gasteiger partial charge < -0.3 is 4.74 Å². The van der Waals surface area contributed by atoms with Crippen LogP contribution in [0.25, 0.3) is 0 Å². The Labute approximate surface area is 81.9 Å². The Morgan fingerprint density at radius 2 is 2.15 bits per heavy atom. The van der Waals surface area contributed by atoms with Crippen molar-refractivity contribution in [1.82, 2.24) is 9.97 Å². The molecule has 1 aromatic rings. The minimum absolute atomic E-state index is 0.0823. The third-order valence-electron chi connectivity index (χ3n) is 1.90. The molecule has 0 aromatic carbocycles. The van der Waals surface area contributed by atoms with Gasteiger partial charge in [-0.15, -0.1) is 0 Å². The zero-order valence-corrected chi connectivity index (χ0v) is 8.60. The molecule has 0 radical (unpaired) electrons. The van der Waals surface area contributed by atoms with E-state index >= 15 is 0 Å². The van der Waals surface area contributed by atoms with Crippen LogP contribution in [0.3, 0.4) is 0 Å². The van der Waals surface area contributed by atoms with E-state index in [1.807, 2.05) is 19.3 Å². The molecule has 1 aromatic heterocycles. The first-order valence-electron chi connectivity index (χ1n) is 4.23. The highest BCUT2D eigenvalue weighted by molar-refractivity contribution is 7.99. The van der Waals surface area contributed by atoms with Gasteiger partial charge in [-0.25, -0.2) is 9.97 Å². The van der Waals surface area contributed by atoms with E-state index in [1.165, 1.54) is 0 Å². The van der Waals surface area contributed by atoms with E-state index < -0.39 is 0 Å². The fourth-order valence-electron chi connectivity index (χ4n) is 0.879. The molecule has 4 heteroatoms. The van der Waals surface area contributed by atoms with Gasteiger partial charge in [-0.05, 0) is 19.4 Å². The van der Waals surface area contributed by atoms with Crippen LogP contribution in [-0.4, -0.2) is 27.9 Å². The molecule has 1 aliphatic heterocycles. The predicted octanol–water partition coefficient (Wildman–Crippen LogP) is 1.67. The number of aryl methyl sites for hydroxylation is 1. The average Bonchev–Trinajstić information content (AvgIpc) is 2.84. The summed E-state index contributed by atoms with van der Waals surface area (Å²) in [5, 5.41) is 0.835. The van der Waals surface area contributed by atoms with Crippen LogP contribution in [0.4, 0.5) is 0 Å². The summed E-state index contributed by atoms with van der Waals surface area (Å²) in [6, 6.07) is 0. The molecule has 1 atom stereocenters. The minimum Gasteiger partial charge on any atom is -0.369 e. The van der Waals surface area contributed by atoms with E-state index in [2.05, 4.69) is 16.9 Å². The number of aromatic nitrogens is 2. The average molecular weight is 196 g/mol. The highest BCUT2D eigenvalue weighted by Crippen LogP contribution is 2.31. The van der Waals surface area contributed by atoms with Gasteiger partial charge in [0, 0.05) is 18.1 Å². The number of epoxide rings is 1. The van der Waals surface area contributed by atoms with E-state index in [9.17, 15) is 0 Å². The van der Waals surface area contributed by atoms with Crippen LogP contribution in [0.5, 0.6) is 0 Å². The largest absolute Gasteiger partial charge is 0.369 e. The van der Waals surface area contributed by atoms with Gasteiger partial charge in [-0.3, -0.25) is 0 Å². The van der Waals surface area contributed by atoms with Gasteiger partial charge in [0.15, 0.2) is 5.16 Å². The summed E-state index contributed by atoms with van der Waals surface area (Å²) in [5.41, 5.74) is 1.18. The highest BCUT2D eigenvalue weighted by atomic mass is 32.2. The Morgan fingerprint density at radius 1 is 1.54 bits per heavy atom. The van der Waals surface area contributed by atoms with Gasteiger partial charge >= 0.3 is 0 Å². The third-order valence-corrected chi connectivity index (χ3v) is 3.12. The zero-order valence-electron chi connectivity index (χ0n) is 7.78. The second kappa shape index (κ2) is 3.27. The molecule has 1 saturated heterocycles. The number of ether oxygens (including phenoxy) is 1. The van der Waals surface area contributed by atoms with Gasteiger partial charge in [0.25, 0.3) is 0 Å². The lowest BCUT2D eigenvalue weighted by molar-refractivity contribution is 0.348. The second-order valence-electron chi connectivity index (χ2n) is 3.57. The minimum atomic E-state index is 0.0823. The van der Waals surface area contributed by atoms with Crippen LogP contribution in [0, 0.1) is 6.92 Å². The summed E-state index contributed by atoms with van der Waals surface area (Å²) in [7, 11) is 0. The van der Waals surface area contributed by atoms with Crippen LogP contribution >= 0.6 is 11.8 Å². The molecule has 70 valence electrons. The van der Waals surface area contributed by atoms with Gasteiger partial charge in [0.05, 0.1) is 12.2 Å². The van der Waals surface area contributed by atoms with Gasteiger partial charge in [0.1, 0.15) is 0 Å². The summed E-state index contributed by atoms with van der Waals surface area (Å²) in [6.45, 7) is 4.96. The second-order valence-corrected chi connectivity index (χ2v) is 4.51. The van der Waals surface area contributed by atoms with Crippen molar-refractivity contribution < 1.29 is 4.74 Å². The number of nitrogens with zero attached hydrogens (tertiary/aromatic N) is 2. The first-order valence-corrected chi connectivity index (χ1v) is 5.22. The van der Waals surface area contributed by atoms with E-state index in [0.29, 0.717) is 0 Å². The molecule has 0 N–H and O–H groups in total. The summed E-state index contributed by atoms with van der Waals surface area (Å²) in [4.78, 5) is 8.41. The molecule has 0 bridgehead atoms. The van der Waals surface area contributed by atoms with Gasteiger partial charge in [-0.2, -0.15) is 0 Å². The lowest BCUT2D eigenvalue weighted by atomic mass is 10.3. The SMILES string of the molecule is Cc1cnc(SCC2(C)CO2)nc1. The quantitative estimate of drug-likeness (QED) is 0.419. The lowest BCUT2D eigenvalue weighted by Crippen LogP contribution is -2.08. The molecule has 13 heavy (non-hydrogen) atoms. The lowest BCUT2D eigenvalue weighted by Gasteiger charge is -2.02. The van der Waals surface area contributed by atoms with Gasteiger partial charge in [-0.1, -0.05) is 11.8 Å². The maximum Gasteiger partial charge on any atom is 0.187 e. The summed E-state index contributed by atoms with van der Waals surface area (Å²) < 4.78 is 5.27. The van der Waals surface area contributed by atoms with E-state index in [4.69, 9.17) is 4.74 Å². The summed E-state index contributed by atoms with van der Waals surface area (Å²) in [6.07, 6.45) is 3.68. The smallest absolute Gasteiger partial charge is 0.187 e. The maximum absolute atomic E-state index is 5.27. The van der Waals surface area contributed by atoms with Crippen LogP contribution in [0.2, 0.25) is 0 Å². The molecule has 1 unspecified atom stereocenters. The van der Waals surface area contributed by atoms with Crippen molar-refractivity contribution in [2.75, 3.05) is 12.4 Å². The molecule has 2 rings (SSSR count). The van der Waals surface area contributed by atoms with Crippen molar-refractivity contribution in [3.8, 4) is 0 Å². The monoisotopic (exact) mass is 196 g/mol. The number of hydrogen-bond donors (Lipinski definition) is 0. The Bertz CT molecular complexity index is 295. The van der Waals surface area contributed by atoms with Crippen molar-refractivity contribution in [3.63, 3.8) is 0 Å².